The number of benzene rings is 2. The van der Waals surface area contributed by atoms with Gasteiger partial charge in [0.05, 0.1) is 19.4 Å². The predicted molar refractivity (Wildman–Crippen MR) is 99.2 cm³/mol. The molecule has 0 unspecified atom stereocenters. The molecule has 0 aliphatic heterocycles. The molecule has 6 nitrogen and oxygen atoms in total. The van der Waals surface area contributed by atoms with Gasteiger partial charge in [0, 0.05) is 11.9 Å². The zero-order valence-electron chi connectivity index (χ0n) is 14.2. The number of methoxy groups -OCH3 is 1. The van der Waals surface area contributed by atoms with Crippen LogP contribution >= 0.6 is 0 Å². The Hall–Kier alpha value is -3.28. The number of aromatic nitrogens is 2. The van der Waals surface area contributed by atoms with E-state index in [1.54, 1.807) is 13.3 Å². The molecule has 0 fully saturated rings. The van der Waals surface area contributed by atoms with Crippen molar-refractivity contribution in [2.75, 3.05) is 24.4 Å². The van der Waals surface area contributed by atoms with Gasteiger partial charge in [0.25, 0.3) is 0 Å². The smallest absolute Gasteiger partial charge is 0.229 e. The lowest BCUT2D eigenvalue weighted by Crippen LogP contribution is -2.01. The number of nitrogens with one attached hydrogen (secondary N) is 2. The molecule has 0 bridgehead atoms. The Morgan fingerprint density at radius 3 is 2.52 bits per heavy atom. The maximum absolute atomic E-state index is 5.44. The minimum absolute atomic E-state index is 0.487. The molecule has 0 atom stereocenters. The SMILES string of the molecule is CCOc1ccc(Nc2ccnc(Nc3ccccc3OC)n2)cc1. The van der Waals surface area contributed by atoms with Crippen LogP contribution in [-0.2, 0) is 0 Å². The second-order valence-electron chi connectivity index (χ2n) is 5.17. The quantitative estimate of drug-likeness (QED) is 0.668. The van der Waals surface area contributed by atoms with E-state index in [9.17, 15) is 0 Å². The van der Waals surface area contributed by atoms with E-state index in [2.05, 4.69) is 20.6 Å². The summed E-state index contributed by atoms with van der Waals surface area (Å²) in [5, 5.41) is 6.42. The minimum atomic E-state index is 0.487. The van der Waals surface area contributed by atoms with Crippen LogP contribution in [0.25, 0.3) is 0 Å². The lowest BCUT2D eigenvalue weighted by Gasteiger charge is -2.11. The Morgan fingerprint density at radius 1 is 0.960 bits per heavy atom. The monoisotopic (exact) mass is 336 g/mol. The summed E-state index contributed by atoms with van der Waals surface area (Å²) in [6.45, 7) is 2.61. The normalized spacial score (nSPS) is 10.2. The molecule has 2 aromatic carbocycles. The number of anilines is 4. The summed E-state index contributed by atoms with van der Waals surface area (Å²) in [6, 6.07) is 17.2. The van der Waals surface area contributed by atoms with Crippen LogP contribution in [0, 0.1) is 0 Å². The van der Waals surface area contributed by atoms with Gasteiger partial charge in [-0.2, -0.15) is 4.98 Å². The van der Waals surface area contributed by atoms with Crippen molar-refractivity contribution in [1.29, 1.82) is 0 Å². The van der Waals surface area contributed by atoms with Crippen molar-refractivity contribution >= 4 is 23.1 Å². The number of para-hydroxylation sites is 2. The second-order valence-corrected chi connectivity index (χ2v) is 5.17. The minimum Gasteiger partial charge on any atom is -0.495 e. The van der Waals surface area contributed by atoms with Crippen LogP contribution in [0.15, 0.2) is 60.8 Å². The Labute approximate surface area is 146 Å². The van der Waals surface area contributed by atoms with Crippen LogP contribution in [0.4, 0.5) is 23.1 Å². The second kappa shape index (κ2) is 8.01. The summed E-state index contributed by atoms with van der Waals surface area (Å²) in [6.07, 6.45) is 1.70. The number of rotatable bonds is 7. The fourth-order valence-electron chi connectivity index (χ4n) is 2.31. The van der Waals surface area contributed by atoms with Crippen molar-refractivity contribution in [2.24, 2.45) is 0 Å². The zero-order chi connectivity index (χ0) is 17.5. The van der Waals surface area contributed by atoms with Crippen molar-refractivity contribution in [3.8, 4) is 11.5 Å². The van der Waals surface area contributed by atoms with E-state index in [4.69, 9.17) is 9.47 Å². The first-order valence-electron chi connectivity index (χ1n) is 8.01. The van der Waals surface area contributed by atoms with Gasteiger partial charge in [-0.25, -0.2) is 4.98 Å². The highest BCUT2D eigenvalue weighted by Gasteiger charge is 2.05. The Kier molecular flexibility index (Phi) is 5.31. The molecule has 0 saturated carbocycles. The summed E-state index contributed by atoms with van der Waals surface area (Å²) in [5.41, 5.74) is 1.73. The summed E-state index contributed by atoms with van der Waals surface area (Å²) >= 11 is 0. The van der Waals surface area contributed by atoms with Crippen LogP contribution in [0.2, 0.25) is 0 Å². The maximum atomic E-state index is 5.44. The molecule has 1 aromatic heterocycles. The van der Waals surface area contributed by atoms with Crippen LogP contribution < -0.4 is 20.1 Å². The largest absolute Gasteiger partial charge is 0.495 e. The number of hydrogen-bond acceptors (Lipinski definition) is 6. The van der Waals surface area contributed by atoms with E-state index < -0.39 is 0 Å². The van der Waals surface area contributed by atoms with Gasteiger partial charge in [0.2, 0.25) is 5.95 Å². The van der Waals surface area contributed by atoms with Crippen molar-refractivity contribution in [3.63, 3.8) is 0 Å². The molecule has 0 saturated heterocycles. The maximum Gasteiger partial charge on any atom is 0.229 e. The van der Waals surface area contributed by atoms with Gasteiger partial charge in [-0.3, -0.25) is 0 Å². The lowest BCUT2D eigenvalue weighted by molar-refractivity contribution is 0.340. The topological polar surface area (TPSA) is 68.3 Å². The molecule has 0 radical (unpaired) electrons. The van der Waals surface area contributed by atoms with E-state index in [0.29, 0.717) is 18.4 Å². The van der Waals surface area contributed by atoms with Crippen molar-refractivity contribution in [3.05, 3.63) is 60.8 Å². The van der Waals surface area contributed by atoms with Crippen LogP contribution in [0.3, 0.4) is 0 Å². The van der Waals surface area contributed by atoms with Gasteiger partial charge < -0.3 is 20.1 Å². The van der Waals surface area contributed by atoms with E-state index in [1.807, 2.05) is 61.5 Å². The van der Waals surface area contributed by atoms with Gasteiger partial charge in [0.15, 0.2) is 0 Å². The molecule has 128 valence electrons. The lowest BCUT2D eigenvalue weighted by atomic mass is 10.3. The van der Waals surface area contributed by atoms with Gasteiger partial charge in [-0.1, -0.05) is 12.1 Å². The number of ether oxygens (including phenoxy) is 2. The third kappa shape index (κ3) is 4.38. The average molecular weight is 336 g/mol. The van der Waals surface area contributed by atoms with Crippen LogP contribution in [-0.4, -0.2) is 23.7 Å². The van der Waals surface area contributed by atoms with E-state index >= 15 is 0 Å². The van der Waals surface area contributed by atoms with Crippen molar-refractivity contribution in [2.45, 2.75) is 6.92 Å². The van der Waals surface area contributed by atoms with Crippen molar-refractivity contribution < 1.29 is 9.47 Å². The summed E-state index contributed by atoms with van der Waals surface area (Å²) in [5.74, 6) is 2.75. The first kappa shape index (κ1) is 16.6. The zero-order valence-corrected chi connectivity index (χ0v) is 14.2. The molecule has 0 aliphatic rings. The molecule has 3 rings (SSSR count). The van der Waals surface area contributed by atoms with E-state index in [1.165, 1.54) is 0 Å². The fraction of sp³-hybridized carbons (Fsp3) is 0.158. The van der Waals surface area contributed by atoms with Gasteiger partial charge in [-0.05, 0) is 49.4 Å². The fourth-order valence-corrected chi connectivity index (χ4v) is 2.31. The Morgan fingerprint density at radius 2 is 1.76 bits per heavy atom. The highest BCUT2D eigenvalue weighted by atomic mass is 16.5. The molecule has 0 spiro atoms. The molecule has 6 heteroatoms. The molecular weight excluding hydrogens is 316 g/mol. The summed E-state index contributed by atoms with van der Waals surface area (Å²) in [7, 11) is 1.63. The molecular formula is C19H20N4O2. The summed E-state index contributed by atoms with van der Waals surface area (Å²) in [4.78, 5) is 8.73. The van der Waals surface area contributed by atoms with E-state index in [0.717, 1.165) is 22.9 Å². The molecule has 25 heavy (non-hydrogen) atoms. The number of nitrogens with zero attached hydrogens (tertiary/aromatic N) is 2. The van der Waals surface area contributed by atoms with Crippen LogP contribution in [0.5, 0.6) is 11.5 Å². The Bertz CT molecular complexity index is 822. The third-order valence-electron chi connectivity index (χ3n) is 3.45. The van der Waals surface area contributed by atoms with Gasteiger partial charge in [0.1, 0.15) is 17.3 Å². The first-order valence-corrected chi connectivity index (χ1v) is 8.01. The summed E-state index contributed by atoms with van der Waals surface area (Å²) < 4.78 is 10.8. The molecule has 3 aromatic rings. The highest BCUT2D eigenvalue weighted by molar-refractivity contribution is 5.64. The molecule has 0 amide bonds. The molecule has 1 heterocycles. The average Bonchev–Trinajstić information content (AvgIpc) is 2.64. The first-order chi connectivity index (χ1) is 12.3. The van der Waals surface area contributed by atoms with Crippen molar-refractivity contribution in [1.82, 2.24) is 9.97 Å². The van der Waals surface area contributed by atoms with Gasteiger partial charge >= 0.3 is 0 Å². The third-order valence-corrected chi connectivity index (χ3v) is 3.45. The van der Waals surface area contributed by atoms with Crippen LogP contribution in [0.1, 0.15) is 6.92 Å². The highest BCUT2D eigenvalue weighted by Crippen LogP contribution is 2.26. The van der Waals surface area contributed by atoms with Gasteiger partial charge in [-0.15, -0.1) is 0 Å². The molecule has 0 aliphatic carbocycles. The Balaban J connectivity index is 1.73. The van der Waals surface area contributed by atoms with E-state index in [-0.39, 0.29) is 0 Å². The molecule has 2 N–H and O–H groups in total. The number of hydrogen-bond donors (Lipinski definition) is 2. The standard InChI is InChI=1S/C19H20N4O2/c1-3-25-15-10-8-14(9-11-15)21-18-12-13-20-19(23-18)22-16-6-4-5-7-17(16)24-2/h4-13H,3H2,1-2H3,(H2,20,21,22,23). The predicted octanol–water partition coefficient (Wildman–Crippen LogP) is 4.37.